The van der Waals surface area contributed by atoms with Gasteiger partial charge in [0, 0.05) is 42.8 Å². The van der Waals surface area contributed by atoms with E-state index in [1.165, 1.54) is 21.3 Å². The van der Waals surface area contributed by atoms with Crippen LogP contribution in [0.15, 0.2) is 42.6 Å². The van der Waals surface area contributed by atoms with Crippen molar-refractivity contribution < 1.29 is 23.8 Å². The highest BCUT2D eigenvalue weighted by atomic mass is 16.5. The number of hydrogen-bond acceptors (Lipinski definition) is 5. The number of para-hydroxylation sites is 1. The van der Waals surface area contributed by atoms with Gasteiger partial charge in [-0.1, -0.05) is 18.2 Å². The lowest BCUT2D eigenvalue weighted by Crippen LogP contribution is -2.34. The van der Waals surface area contributed by atoms with Gasteiger partial charge in [0.15, 0.2) is 11.5 Å². The molecule has 0 aliphatic heterocycles. The van der Waals surface area contributed by atoms with Gasteiger partial charge in [0.05, 0.1) is 26.9 Å². The lowest BCUT2D eigenvalue weighted by Gasteiger charge is -2.14. The smallest absolute Gasteiger partial charge is 0.253 e. The van der Waals surface area contributed by atoms with Crippen LogP contribution in [0.3, 0.4) is 0 Å². The number of methoxy groups -OCH3 is 3. The molecule has 1 heterocycles. The van der Waals surface area contributed by atoms with Crippen LogP contribution in [0.2, 0.25) is 0 Å². The number of amides is 2. The van der Waals surface area contributed by atoms with E-state index in [0.717, 1.165) is 10.9 Å². The largest absolute Gasteiger partial charge is 0.493 e. The first-order chi connectivity index (χ1) is 14.5. The maximum Gasteiger partial charge on any atom is 0.253 e. The Balaban J connectivity index is 1.60. The molecule has 2 amide bonds. The average molecular weight is 411 g/mol. The normalized spacial score (nSPS) is 10.5. The number of benzene rings is 2. The van der Waals surface area contributed by atoms with Gasteiger partial charge < -0.3 is 29.4 Å². The molecule has 0 saturated heterocycles. The van der Waals surface area contributed by atoms with Crippen LogP contribution in [0.4, 0.5) is 0 Å². The summed E-state index contributed by atoms with van der Waals surface area (Å²) in [4.78, 5) is 25.0. The quantitative estimate of drug-likeness (QED) is 0.556. The van der Waals surface area contributed by atoms with Crippen molar-refractivity contribution in [1.82, 2.24) is 15.2 Å². The predicted molar refractivity (Wildman–Crippen MR) is 114 cm³/mol. The predicted octanol–water partition coefficient (Wildman–Crippen LogP) is 2.36. The molecule has 0 fully saturated rings. The van der Waals surface area contributed by atoms with Crippen LogP contribution < -0.4 is 24.8 Å². The number of fused-ring (bicyclic) bond motifs is 1. The maximum atomic E-state index is 12.5. The van der Waals surface area contributed by atoms with Crippen LogP contribution in [0, 0.1) is 0 Å². The van der Waals surface area contributed by atoms with Crippen molar-refractivity contribution >= 4 is 22.7 Å². The Labute approximate surface area is 174 Å². The summed E-state index contributed by atoms with van der Waals surface area (Å²) in [6, 6.07) is 10.9. The molecule has 2 aromatic carbocycles. The van der Waals surface area contributed by atoms with Crippen molar-refractivity contribution in [2.45, 2.75) is 0 Å². The summed E-state index contributed by atoms with van der Waals surface area (Å²) in [5, 5.41) is 6.50. The van der Waals surface area contributed by atoms with Crippen molar-refractivity contribution in [2.24, 2.45) is 7.05 Å². The molecule has 0 unspecified atom stereocenters. The van der Waals surface area contributed by atoms with E-state index in [1.54, 1.807) is 18.3 Å². The van der Waals surface area contributed by atoms with Gasteiger partial charge in [0.25, 0.3) is 11.8 Å². The Bertz CT molecular complexity index is 1050. The highest BCUT2D eigenvalue weighted by Crippen LogP contribution is 2.38. The molecule has 8 nitrogen and oxygen atoms in total. The molecule has 1 aromatic heterocycles. The van der Waals surface area contributed by atoms with Crippen LogP contribution in [-0.4, -0.2) is 50.8 Å². The zero-order valence-corrected chi connectivity index (χ0v) is 17.4. The molecule has 0 aliphatic rings. The van der Waals surface area contributed by atoms with Crippen molar-refractivity contribution in [1.29, 1.82) is 0 Å². The first-order valence-corrected chi connectivity index (χ1v) is 9.40. The van der Waals surface area contributed by atoms with Gasteiger partial charge >= 0.3 is 0 Å². The maximum absolute atomic E-state index is 12.5. The average Bonchev–Trinajstić information content (AvgIpc) is 3.12. The van der Waals surface area contributed by atoms with Crippen LogP contribution >= 0.6 is 0 Å². The lowest BCUT2D eigenvalue weighted by molar-refractivity contribution is 0.0928. The van der Waals surface area contributed by atoms with Crippen LogP contribution in [0.5, 0.6) is 17.2 Å². The number of nitrogens with one attached hydrogen (secondary N) is 2. The third kappa shape index (κ3) is 4.17. The van der Waals surface area contributed by atoms with Crippen molar-refractivity contribution in [3.63, 3.8) is 0 Å². The Morgan fingerprint density at radius 2 is 1.50 bits per heavy atom. The summed E-state index contributed by atoms with van der Waals surface area (Å²) in [6.45, 7) is 0.560. The van der Waals surface area contributed by atoms with Crippen LogP contribution in [0.1, 0.15) is 20.7 Å². The van der Waals surface area contributed by atoms with E-state index in [0.29, 0.717) is 28.4 Å². The van der Waals surface area contributed by atoms with E-state index < -0.39 is 0 Å². The first kappa shape index (κ1) is 21.0. The molecule has 158 valence electrons. The van der Waals surface area contributed by atoms with Gasteiger partial charge in [-0.05, 0) is 18.2 Å². The zero-order chi connectivity index (χ0) is 21.7. The molecule has 3 rings (SSSR count). The number of rotatable bonds is 8. The van der Waals surface area contributed by atoms with E-state index in [-0.39, 0.29) is 24.9 Å². The minimum Gasteiger partial charge on any atom is -0.493 e. The summed E-state index contributed by atoms with van der Waals surface area (Å²) in [5.41, 5.74) is 1.95. The fraction of sp³-hybridized carbons (Fsp3) is 0.273. The highest BCUT2D eigenvalue weighted by Gasteiger charge is 2.17. The monoisotopic (exact) mass is 411 g/mol. The van der Waals surface area contributed by atoms with Gasteiger partial charge in [0.2, 0.25) is 5.75 Å². The molecule has 8 heteroatoms. The van der Waals surface area contributed by atoms with Crippen molar-refractivity contribution in [3.05, 3.63) is 53.7 Å². The summed E-state index contributed by atoms with van der Waals surface area (Å²) in [5.74, 6) is 0.707. The molecule has 0 saturated carbocycles. The Morgan fingerprint density at radius 3 is 2.10 bits per heavy atom. The summed E-state index contributed by atoms with van der Waals surface area (Å²) in [6.07, 6.45) is 1.80. The Hall–Kier alpha value is -3.68. The third-order valence-corrected chi connectivity index (χ3v) is 4.76. The summed E-state index contributed by atoms with van der Waals surface area (Å²) < 4.78 is 17.7. The fourth-order valence-electron chi connectivity index (χ4n) is 3.28. The van der Waals surface area contributed by atoms with Crippen LogP contribution in [0.25, 0.3) is 10.9 Å². The molecule has 0 bridgehead atoms. The minimum atomic E-state index is -0.311. The van der Waals surface area contributed by atoms with Gasteiger partial charge in [-0.25, -0.2) is 0 Å². The van der Waals surface area contributed by atoms with E-state index in [2.05, 4.69) is 10.6 Å². The Morgan fingerprint density at radius 1 is 0.900 bits per heavy atom. The topological polar surface area (TPSA) is 90.8 Å². The molecule has 0 aliphatic carbocycles. The number of aromatic nitrogens is 1. The molecule has 0 atom stereocenters. The molecule has 0 spiro atoms. The number of carbonyl (C=O) groups excluding carboxylic acids is 2. The number of hydrogen-bond donors (Lipinski definition) is 2. The molecule has 30 heavy (non-hydrogen) atoms. The Kier molecular flexibility index (Phi) is 6.46. The van der Waals surface area contributed by atoms with Gasteiger partial charge in [0.1, 0.15) is 0 Å². The minimum absolute atomic E-state index is 0.186. The molecular formula is C22H25N3O5. The van der Waals surface area contributed by atoms with Gasteiger partial charge in [-0.3, -0.25) is 9.59 Å². The standard InChI is InChI=1S/C22H25N3O5/c1-25-13-16(15-7-5-6-8-17(15)25)22(27)24-10-9-23-21(26)14-11-18(28-2)20(30-4)19(12-14)29-3/h5-8,11-13H,9-10H2,1-4H3,(H,23,26)(H,24,27). The van der Waals surface area contributed by atoms with Crippen molar-refractivity contribution in [2.75, 3.05) is 34.4 Å². The van der Waals surface area contributed by atoms with E-state index in [9.17, 15) is 9.59 Å². The highest BCUT2D eigenvalue weighted by molar-refractivity contribution is 6.07. The second kappa shape index (κ2) is 9.21. The number of aryl methyl sites for hydroxylation is 1. The van der Waals surface area contributed by atoms with Gasteiger partial charge in [-0.15, -0.1) is 0 Å². The number of ether oxygens (including phenoxy) is 3. The zero-order valence-electron chi connectivity index (χ0n) is 17.4. The van der Waals surface area contributed by atoms with Crippen LogP contribution in [-0.2, 0) is 7.05 Å². The van der Waals surface area contributed by atoms with E-state index >= 15 is 0 Å². The number of nitrogens with zero attached hydrogens (tertiary/aromatic N) is 1. The SMILES string of the molecule is COc1cc(C(=O)NCCNC(=O)c2cn(C)c3ccccc23)cc(OC)c1OC. The van der Waals surface area contributed by atoms with Gasteiger partial charge in [-0.2, -0.15) is 0 Å². The lowest BCUT2D eigenvalue weighted by atomic mass is 10.1. The molecular weight excluding hydrogens is 386 g/mol. The summed E-state index contributed by atoms with van der Waals surface area (Å²) in [7, 11) is 6.37. The fourth-order valence-corrected chi connectivity index (χ4v) is 3.28. The third-order valence-electron chi connectivity index (χ3n) is 4.76. The second-order valence-electron chi connectivity index (χ2n) is 6.60. The van der Waals surface area contributed by atoms with E-state index in [1.807, 2.05) is 35.9 Å². The second-order valence-corrected chi connectivity index (χ2v) is 6.60. The number of carbonyl (C=O) groups is 2. The molecule has 2 N–H and O–H groups in total. The van der Waals surface area contributed by atoms with Crippen molar-refractivity contribution in [3.8, 4) is 17.2 Å². The summed E-state index contributed by atoms with van der Waals surface area (Å²) >= 11 is 0. The first-order valence-electron chi connectivity index (χ1n) is 9.40. The molecule has 3 aromatic rings. The molecule has 0 radical (unpaired) electrons. The van der Waals surface area contributed by atoms with E-state index in [4.69, 9.17) is 14.2 Å².